The van der Waals surface area contributed by atoms with Crippen LogP contribution in [0, 0.1) is 10.1 Å². The van der Waals surface area contributed by atoms with E-state index in [4.69, 9.17) is 10.7 Å². The fraction of sp³-hybridized carbons (Fsp3) is 0.167. The van der Waals surface area contributed by atoms with E-state index in [-0.39, 0.29) is 5.69 Å². The molecule has 0 unspecified atom stereocenters. The lowest BCUT2D eigenvalue weighted by Gasteiger charge is -2.19. The zero-order chi connectivity index (χ0) is 16.7. The second-order valence-corrected chi connectivity index (χ2v) is 5.94. The minimum Gasteiger partial charge on any atom is -0.398 e. The van der Waals surface area contributed by atoms with Crippen LogP contribution in [0.5, 0.6) is 0 Å². The number of pyridine rings is 1. The van der Waals surface area contributed by atoms with Gasteiger partial charge in [-0.3, -0.25) is 10.1 Å². The number of nitrogen functional groups attached to an aromatic ring is 1. The van der Waals surface area contributed by atoms with Crippen LogP contribution in [0.15, 0.2) is 48.5 Å². The summed E-state index contributed by atoms with van der Waals surface area (Å²) in [6.07, 6.45) is 0.805. The Hall–Kier alpha value is -3.15. The molecule has 0 saturated carbocycles. The second-order valence-electron chi connectivity index (χ2n) is 5.94. The summed E-state index contributed by atoms with van der Waals surface area (Å²) in [5.41, 5.74) is 9.84. The lowest BCUT2D eigenvalue weighted by molar-refractivity contribution is -0.384. The summed E-state index contributed by atoms with van der Waals surface area (Å²) in [6.45, 7) is 1.62. The molecule has 0 amide bonds. The van der Waals surface area contributed by atoms with Crippen molar-refractivity contribution < 1.29 is 4.92 Å². The summed E-state index contributed by atoms with van der Waals surface area (Å²) in [5, 5.41) is 11.6. The van der Waals surface area contributed by atoms with Crippen molar-refractivity contribution in [2.24, 2.45) is 0 Å². The Bertz CT molecular complexity index is 941. The molecule has 0 fully saturated rings. The zero-order valence-electron chi connectivity index (χ0n) is 13.0. The highest BCUT2D eigenvalue weighted by Crippen LogP contribution is 2.37. The van der Waals surface area contributed by atoms with Crippen molar-refractivity contribution in [3.63, 3.8) is 0 Å². The fourth-order valence-corrected chi connectivity index (χ4v) is 3.23. The molecule has 2 heterocycles. The van der Waals surface area contributed by atoms with Gasteiger partial charge in [0.05, 0.1) is 10.4 Å². The Morgan fingerprint density at radius 2 is 2.00 bits per heavy atom. The van der Waals surface area contributed by atoms with Gasteiger partial charge in [0, 0.05) is 41.9 Å². The number of non-ortho nitro benzene ring substituents is 1. The molecular formula is C18H16N4O2. The average molecular weight is 320 g/mol. The van der Waals surface area contributed by atoms with Crippen molar-refractivity contribution in [3.05, 3.63) is 69.8 Å². The molecule has 1 aliphatic rings. The van der Waals surface area contributed by atoms with E-state index < -0.39 is 4.92 Å². The second kappa shape index (κ2) is 5.49. The number of nitrogens with zero attached hydrogens (tertiary/aromatic N) is 3. The van der Waals surface area contributed by atoms with Crippen molar-refractivity contribution in [3.8, 4) is 0 Å². The van der Waals surface area contributed by atoms with E-state index in [2.05, 4.69) is 17.0 Å². The number of aromatic nitrogens is 1. The molecule has 4 rings (SSSR count). The maximum atomic E-state index is 11.0. The number of fused-ring (bicyclic) bond motifs is 2. The number of nitrogens with two attached hydrogens (primary N) is 1. The highest BCUT2D eigenvalue weighted by atomic mass is 16.6. The maximum absolute atomic E-state index is 11.0. The lowest BCUT2D eigenvalue weighted by Crippen LogP contribution is -2.20. The molecule has 0 bridgehead atoms. The molecule has 0 spiro atoms. The quantitative estimate of drug-likeness (QED) is 0.591. The van der Waals surface area contributed by atoms with Crippen molar-refractivity contribution in [2.75, 3.05) is 17.2 Å². The van der Waals surface area contributed by atoms with Crippen LogP contribution in [-0.4, -0.2) is 16.5 Å². The van der Waals surface area contributed by atoms with Crippen LogP contribution in [0.25, 0.3) is 10.9 Å². The van der Waals surface area contributed by atoms with E-state index in [1.807, 2.05) is 18.2 Å². The van der Waals surface area contributed by atoms with Crippen LogP contribution in [0.3, 0.4) is 0 Å². The van der Waals surface area contributed by atoms with E-state index in [1.54, 1.807) is 6.07 Å². The molecule has 0 radical (unpaired) electrons. The van der Waals surface area contributed by atoms with E-state index in [9.17, 15) is 10.1 Å². The van der Waals surface area contributed by atoms with E-state index in [0.29, 0.717) is 16.6 Å². The van der Waals surface area contributed by atoms with Gasteiger partial charge in [0.25, 0.3) is 5.69 Å². The number of nitro groups is 1. The predicted octanol–water partition coefficient (Wildman–Crippen LogP) is 3.29. The molecule has 0 aliphatic carbocycles. The smallest absolute Gasteiger partial charge is 0.270 e. The minimum atomic E-state index is -0.409. The van der Waals surface area contributed by atoms with Crippen LogP contribution in [-0.2, 0) is 13.0 Å². The van der Waals surface area contributed by atoms with Crippen molar-refractivity contribution in [1.82, 2.24) is 4.98 Å². The van der Waals surface area contributed by atoms with Crippen LogP contribution < -0.4 is 10.6 Å². The number of rotatable bonds is 3. The van der Waals surface area contributed by atoms with Gasteiger partial charge in [0.2, 0.25) is 0 Å². The first kappa shape index (κ1) is 14.4. The number of benzene rings is 2. The van der Waals surface area contributed by atoms with Crippen LogP contribution in [0.2, 0.25) is 0 Å². The molecule has 1 aromatic heterocycles. The molecule has 24 heavy (non-hydrogen) atoms. The lowest BCUT2D eigenvalue weighted by atomic mass is 10.1. The first-order valence-electron chi connectivity index (χ1n) is 7.79. The Morgan fingerprint density at radius 3 is 2.75 bits per heavy atom. The van der Waals surface area contributed by atoms with E-state index >= 15 is 0 Å². The van der Waals surface area contributed by atoms with Crippen LogP contribution in [0.4, 0.5) is 17.2 Å². The molecule has 1 aliphatic heterocycles. The third kappa shape index (κ3) is 2.32. The highest BCUT2D eigenvalue weighted by Gasteiger charge is 2.25. The molecule has 120 valence electrons. The molecule has 0 atom stereocenters. The summed E-state index contributed by atoms with van der Waals surface area (Å²) in [6, 6.07) is 14.9. The van der Waals surface area contributed by atoms with Gasteiger partial charge in [-0.25, -0.2) is 4.98 Å². The van der Waals surface area contributed by atoms with Crippen molar-refractivity contribution in [2.45, 2.75) is 13.0 Å². The van der Waals surface area contributed by atoms with Gasteiger partial charge in [0.15, 0.2) is 0 Å². The van der Waals surface area contributed by atoms with Gasteiger partial charge in [-0.05, 0) is 18.1 Å². The first-order valence-corrected chi connectivity index (χ1v) is 7.79. The third-order valence-electron chi connectivity index (χ3n) is 4.45. The third-order valence-corrected chi connectivity index (χ3v) is 4.45. The molecule has 6 heteroatoms. The number of hydrogen-bond acceptors (Lipinski definition) is 5. The number of anilines is 2. The summed E-state index contributed by atoms with van der Waals surface area (Å²) in [5.74, 6) is 0.887. The van der Waals surface area contributed by atoms with E-state index in [1.165, 1.54) is 17.7 Å². The first-order chi connectivity index (χ1) is 11.6. The fourth-order valence-electron chi connectivity index (χ4n) is 3.23. The average Bonchev–Trinajstić information content (AvgIpc) is 2.99. The SMILES string of the molecule is Nc1c2c(nc3ccc([N+](=O)[O-])cc13)N(Cc1ccccc1)CC2. The largest absolute Gasteiger partial charge is 0.398 e. The molecule has 6 nitrogen and oxygen atoms in total. The molecular weight excluding hydrogens is 304 g/mol. The predicted molar refractivity (Wildman–Crippen MR) is 94.0 cm³/mol. The summed E-state index contributed by atoms with van der Waals surface area (Å²) < 4.78 is 0. The molecule has 0 saturated heterocycles. The Kier molecular flexibility index (Phi) is 3.30. The van der Waals surface area contributed by atoms with Crippen LogP contribution in [0.1, 0.15) is 11.1 Å². The number of hydrogen-bond donors (Lipinski definition) is 1. The Morgan fingerprint density at radius 1 is 1.21 bits per heavy atom. The topological polar surface area (TPSA) is 85.3 Å². The Balaban J connectivity index is 1.78. The molecule has 2 N–H and O–H groups in total. The van der Waals surface area contributed by atoms with Crippen LogP contribution >= 0.6 is 0 Å². The van der Waals surface area contributed by atoms with Crippen molar-refractivity contribution in [1.29, 1.82) is 0 Å². The van der Waals surface area contributed by atoms with Gasteiger partial charge in [-0.1, -0.05) is 30.3 Å². The molecule has 3 aromatic rings. The van der Waals surface area contributed by atoms with Gasteiger partial charge < -0.3 is 10.6 Å². The maximum Gasteiger partial charge on any atom is 0.270 e. The van der Waals surface area contributed by atoms with Gasteiger partial charge >= 0.3 is 0 Å². The van der Waals surface area contributed by atoms with E-state index in [0.717, 1.165) is 30.9 Å². The summed E-state index contributed by atoms with van der Waals surface area (Å²) in [7, 11) is 0. The number of nitro benzene ring substituents is 1. The zero-order valence-corrected chi connectivity index (χ0v) is 13.0. The minimum absolute atomic E-state index is 0.0371. The Labute approximate surface area is 138 Å². The monoisotopic (exact) mass is 320 g/mol. The van der Waals surface area contributed by atoms with Crippen molar-refractivity contribution >= 4 is 28.1 Å². The molecule has 2 aromatic carbocycles. The standard InChI is InChI=1S/C18H16N4O2/c19-17-14-8-9-21(11-12-4-2-1-3-5-12)18(14)20-16-7-6-13(22(23)24)10-15(16)17/h1-7,10H,8-9,11H2,(H2,19,20). The summed E-state index contributed by atoms with van der Waals surface area (Å²) >= 11 is 0. The summed E-state index contributed by atoms with van der Waals surface area (Å²) in [4.78, 5) is 17.5. The van der Waals surface area contributed by atoms with Gasteiger partial charge in [-0.2, -0.15) is 0 Å². The highest BCUT2D eigenvalue weighted by molar-refractivity contribution is 5.96. The van der Waals surface area contributed by atoms with Gasteiger partial charge in [0.1, 0.15) is 5.82 Å². The normalized spacial score (nSPS) is 13.2. The van der Waals surface area contributed by atoms with Gasteiger partial charge in [-0.15, -0.1) is 0 Å².